The van der Waals surface area contributed by atoms with Crippen molar-refractivity contribution in [1.29, 1.82) is 0 Å². The van der Waals surface area contributed by atoms with Gasteiger partial charge >= 0.3 is 12.1 Å². The lowest BCUT2D eigenvalue weighted by molar-refractivity contribution is -0.136. The second-order valence-electron chi connectivity index (χ2n) is 7.61. The highest BCUT2D eigenvalue weighted by atomic mass is 19.4. The summed E-state index contributed by atoms with van der Waals surface area (Å²) in [6, 6.07) is 8.02. The average molecular weight is 478 g/mol. The van der Waals surface area contributed by atoms with Crippen molar-refractivity contribution in [3.05, 3.63) is 53.3 Å². The van der Waals surface area contributed by atoms with E-state index in [1.807, 2.05) is 0 Å². The van der Waals surface area contributed by atoms with Gasteiger partial charge < -0.3 is 25.0 Å². The first-order chi connectivity index (χ1) is 16.2. The summed E-state index contributed by atoms with van der Waals surface area (Å²) in [6.45, 7) is 3.24. The van der Waals surface area contributed by atoms with Gasteiger partial charge in [0, 0.05) is 43.3 Å². The van der Waals surface area contributed by atoms with Gasteiger partial charge in [0.25, 0.3) is 0 Å². The van der Waals surface area contributed by atoms with E-state index in [4.69, 9.17) is 4.74 Å². The number of pyridine rings is 1. The minimum absolute atomic E-state index is 0.139. The molecule has 0 atom stereocenters. The van der Waals surface area contributed by atoms with E-state index in [0.717, 1.165) is 51.1 Å². The normalized spacial score (nSPS) is 14.2. The molecule has 0 aliphatic carbocycles. The molecule has 34 heavy (non-hydrogen) atoms. The summed E-state index contributed by atoms with van der Waals surface area (Å²) in [5, 5.41) is 5.52. The maximum Gasteiger partial charge on any atom is 0.418 e. The fourth-order valence-corrected chi connectivity index (χ4v) is 3.95. The number of benzene rings is 2. The van der Waals surface area contributed by atoms with Crippen LogP contribution in [0.3, 0.4) is 0 Å². The molecule has 1 saturated heterocycles. The maximum atomic E-state index is 14.1. The largest absolute Gasteiger partial charge is 0.494 e. The zero-order valence-corrected chi connectivity index (χ0v) is 18.4. The van der Waals surface area contributed by atoms with Gasteiger partial charge in [-0.05, 0) is 30.3 Å². The van der Waals surface area contributed by atoms with Gasteiger partial charge in [0.15, 0.2) is 0 Å². The van der Waals surface area contributed by atoms with Crippen molar-refractivity contribution in [3.8, 4) is 5.75 Å². The molecule has 1 aliphatic rings. The number of methoxy groups -OCH3 is 2. The number of ether oxygens (including phenoxy) is 2. The van der Waals surface area contributed by atoms with E-state index < -0.39 is 34.5 Å². The van der Waals surface area contributed by atoms with Crippen LogP contribution in [0.25, 0.3) is 10.9 Å². The fraction of sp³-hybridized carbons (Fsp3) is 0.304. The van der Waals surface area contributed by atoms with E-state index >= 15 is 0 Å². The fourth-order valence-electron chi connectivity index (χ4n) is 3.95. The Labute approximate surface area is 192 Å². The van der Waals surface area contributed by atoms with Gasteiger partial charge in [-0.25, -0.2) is 14.2 Å². The van der Waals surface area contributed by atoms with Crippen LogP contribution in [0.4, 0.5) is 34.8 Å². The summed E-state index contributed by atoms with van der Waals surface area (Å²) in [5.74, 6) is -2.18. The molecule has 1 aliphatic heterocycles. The number of carbonyl (C=O) groups is 1. The van der Waals surface area contributed by atoms with E-state index in [0.29, 0.717) is 17.5 Å². The van der Waals surface area contributed by atoms with E-state index in [1.54, 1.807) is 18.2 Å². The predicted molar refractivity (Wildman–Crippen MR) is 119 cm³/mol. The molecule has 180 valence electrons. The van der Waals surface area contributed by atoms with Crippen molar-refractivity contribution in [2.75, 3.05) is 50.6 Å². The van der Waals surface area contributed by atoms with Crippen LogP contribution in [0.2, 0.25) is 0 Å². The summed E-state index contributed by atoms with van der Waals surface area (Å²) in [6.07, 6.45) is -4.98. The Kier molecular flexibility index (Phi) is 6.47. The Morgan fingerprint density at radius 3 is 2.50 bits per heavy atom. The lowest BCUT2D eigenvalue weighted by Gasteiger charge is -2.30. The first kappa shape index (κ1) is 23.6. The highest BCUT2D eigenvalue weighted by molar-refractivity contribution is 6.03. The van der Waals surface area contributed by atoms with Gasteiger partial charge in [-0.1, -0.05) is 0 Å². The number of nitrogens with zero attached hydrogens (tertiary/aromatic N) is 2. The molecule has 0 unspecified atom stereocenters. The molecule has 7 nitrogen and oxygen atoms in total. The minimum atomic E-state index is -4.98. The lowest BCUT2D eigenvalue weighted by atomic mass is 10.0. The molecule has 0 radical (unpaired) electrons. The molecule has 2 aromatic carbocycles. The van der Waals surface area contributed by atoms with Crippen molar-refractivity contribution in [2.24, 2.45) is 0 Å². The third kappa shape index (κ3) is 4.56. The molecule has 2 N–H and O–H groups in total. The highest BCUT2D eigenvalue weighted by Gasteiger charge is 2.40. The number of halogens is 4. The molecular weight excluding hydrogens is 456 g/mol. The number of alkyl halides is 3. The van der Waals surface area contributed by atoms with E-state index in [1.165, 1.54) is 7.11 Å². The van der Waals surface area contributed by atoms with Crippen LogP contribution < -0.4 is 20.3 Å². The minimum Gasteiger partial charge on any atom is -0.494 e. The Morgan fingerprint density at radius 1 is 1.12 bits per heavy atom. The second kappa shape index (κ2) is 9.34. The number of anilines is 3. The summed E-state index contributed by atoms with van der Waals surface area (Å²) in [7, 11) is 2.39. The third-order valence-corrected chi connectivity index (χ3v) is 5.54. The Balaban J connectivity index is 1.86. The van der Waals surface area contributed by atoms with Crippen LogP contribution in [-0.4, -0.2) is 51.4 Å². The second-order valence-corrected chi connectivity index (χ2v) is 7.61. The van der Waals surface area contributed by atoms with Crippen molar-refractivity contribution in [1.82, 2.24) is 10.3 Å². The van der Waals surface area contributed by atoms with E-state index in [-0.39, 0.29) is 11.3 Å². The summed E-state index contributed by atoms with van der Waals surface area (Å²) < 4.78 is 66.2. The Bertz CT molecular complexity index is 1230. The van der Waals surface area contributed by atoms with Crippen LogP contribution in [0, 0.1) is 5.82 Å². The lowest BCUT2D eigenvalue weighted by Crippen LogP contribution is -2.43. The van der Waals surface area contributed by atoms with Crippen LogP contribution in [0.5, 0.6) is 5.75 Å². The highest BCUT2D eigenvalue weighted by Crippen LogP contribution is 2.41. The van der Waals surface area contributed by atoms with Crippen molar-refractivity contribution < 1.29 is 31.8 Å². The number of piperazine rings is 1. The van der Waals surface area contributed by atoms with Crippen molar-refractivity contribution in [3.63, 3.8) is 0 Å². The van der Waals surface area contributed by atoms with Crippen LogP contribution in [-0.2, 0) is 10.9 Å². The number of rotatable bonds is 5. The number of aromatic nitrogens is 1. The van der Waals surface area contributed by atoms with Gasteiger partial charge in [0.2, 0.25) is 0 Å². The number of hydrogen-bond acceptors (Lipinski definition) is 7. The van der Waals surface area contributed by atoms with Crippen molar-refractivity contribution in [2.45, 2.75) is 6.18 Å². The van der Waals surface area contributed by atoms with Gasteiger partial charge in [0.05, 0.1) is 31.0 Å². The molecule has 11 heteroatoms. The maximum absolute atomic E-state index is 14.1. The quantitative estimate of drug-likeness (QED) is 0.417. The number of carbonyl (C=O) groups excluding carboxylic acids is 1. The third-order valence-electron chi connectivity index (χ3n) is 5.54. The number of hydrogen-bond donors (Lipinski definition) is 2. The van der Waals surface area contributed by atoms with Crippen LogP contribution in [0.1, 0.15) is 15.9 Å². The number of fused-ring (bicyclic) bond motifs is 1. The standard InChI is InChI=1S/C23H22F4N4O3/c1-33-18-12-14(31-9-7-28-8-10-31)4-6-17(18)30-21-19(22(32)34-2)20(23(25,26)27)15-11-13(24)3-5-16(15)29-21/h3-6,11-12,28H,7-10H2,1-2H3,(H,29,30). The first-order valence-corrected chi connectivity index (χ1v) is 10.4. The molecular formula is C23H22F4N4O3. The average Bonchev–Trinajstić information content (AvgIpc) is 2.83. The van der Waals surface area contributed by atoms with Crippen LogP contribution >= 0.6 is 0 Å². The molecule has 1 aromatic heterocycles. The van der Waals surface area contributed by atoms with Gasteiger partial charge in [-0.3, -0.25) is 0 Å². The summed E-state index contributed by atoms with van der Waals surface area (Å²) >= 11 is 0. The SMILES string of the molecule is COC(=O)c1c(Nc2ccc(N3CCNCC3)cc2OC)nc2ccc(F)cc2c1C(F)(F)F. The zero-order chi connectivity index (χ0) is 24.5. The summed E-state index contributed by atoms with van der Waals surface area (Å²) in [5.41, 5.74) is -1.13. The summed E-state index contributed by atoms with van der Waals surface area (Å²) in [4.78, 5) is 18.8. The van der Waals surface area contributed by atoms with E-state index in [2.05, 4.69) is 25.3 Å². The molecule has 1 fully saturated rings. The van der Waals surface area contributed by atoms with Gasteiger partial charge in [-0.15, -0.1) is 0 Å². The molecule has 0 spiro atoms. The van der Waals surface area contributed by atoms with E-state index in [9.17, 15) is 22.4 Å². The topological polar surface area (TPSA) is 75.7 Å². The molecule has 0 amide bonds. The Hall–Kier alpha value is -3.60. The molecule has 4 rings (SSSR count). The molecule has 2 heterocycles. The molecule has 0 saturated carbocycles. The monoisotopic (exact) mass is 478 g/mol. The smallest absolute Gasteiger partial charge is 0.418 e. The number of nitrogens with one attached hydrogen (secondary N) is 2. The zero-order valence-electron chi connectivity index (χ0n) is 18.4. The first-order valence-electron chi connectivity index (χ1n) is 10.4. The predicted octanol–water partition coefficient (Wildman–Crippen LogP) is 4.34. The Morgan fingerprint density at radius 2 is 1.85 bits per heavy atom. The van der Waals surface area contributed by atoms with Crippen molar-refractivity contribution >= 4 is 34.1 Å². The molecule has 3 aromatic rings. The number of esters is 1. The molecule has 0 bridgehead atoms. The van der Waals surface area contributed by atoms with Crippen LogP contribution in [0.15, 0.2) is 36.4 Å². The van der Waals surface area contributed by atoms with Gasteiger partial charge in [-0.2, -0.15) is 13.2 Å². The van der Waals surface area contributed by atoms with Gasteiger partial charge in [0.1, 0.15) is 22.9 Å².